The van der Waals surface area contributed by atoms with Crippen LogP contribution in [-0.2, 0) is 10.0 Å². The van der Waals surface area contributed by atoms with Gasteiger partial charge in [-0.05, 0) is 70.8 Å². The molecule has 184 valence electrons. The maximum Gasteiger partial charge on any atom is 0.282 e. The molecule has 0 radical (unpaired) electrons. The highest BCUT2D eigenvalue weighted by Gasteiger charge is 2.55. The van der Waals surface area contributed by atoms with Gasteiger partial charge in [-0.15, -0.1) is 0 Å². The van der Waals surface area contributed by atoms with Gasteiger partial charge >= 0.3 is 0 Å². The molecule has 0 fully saturated rings. The molecule has 0 spiro atoms. The highest BCUT2D eigenvalue weighted by Crippen LogP contribution is 2.47. The Kier molecular flexibility index (Phi) is 9.41. The van der Waals surface area contributed by atoms with Crippen LogP contribution in [0.2, 0.25) is 18.1 Å². The van der Waals surface area contributed by atoms with Crippen LogP contribution in [0.4, 0.5) is 17.6 Å². The summed E-state index contributed by atoms with van der Waals surface area (Å²) in [6.45, 7) is 6.77. The van der Waals surface area contributed by atoms with Crippen LogP contribution < -0.4 is 9.47 Å². The van der Waals surface area contributed by atoms with Crippen molar-refractivity contribution in [1.29, 1.82) is 0 Å². The average molecular weight is 551 g/mol. The van der Waals surface area contributed by atoms with E-state index >= 15 is 8.78 Å². The summed E-state index contributed by atoms with van der Waals surface area (Å²) in [4.78, 5) is 0. The number of hydrogen-bond acceptors (Lipinski definition) is 3. The second-order valence-corrected chi connectivity index (χ2v) is 13.6. The van der Waals surface area contributed by atoms with Crippen molar-refractivity contribution in [3.05, 3.63) is 58.1 Å². The van der Waals surface area contributed by atoms with E-state index in [2.05, 4.69) is 15.9 Å². The molecule has 0 N–H and O–H groups in total. The lowest BCUT2D eigenvalue weighted by Gasteiger charge is -2.45. The fraction of sp³-hybridized carbons (Fsp3) is 0.500. The Bertz CT molecular complexity index is 914. The van der Waals surface area contributed by atoms with Crippen LogP contribution in [0.3, 0.4) is 0 Å². The number of alkyl halides is 2. The highest BCUT2D eigenvalue weighted by molar-refractivity contribution is 9.10. The molecule has 0 saturated heterocycles. The summed E-state index contributed by atoms with van der Waals surface area (Å²) in [5.74, 6) is -4.52. The van der Waals surface area contributed by atoms with Gasteiger partial charge in [-0.2, -0.15) is 0 Å². The molecular formula is C24H31BrF4O3Si. The molecule has 0 aromatic heterocycles. The number of benzene rings is 2. The summed E-state index contributed by atoms with van der Waals surface area (Å²) < 4.78 is 76.4. The molecule has 0 amide bonds. The first kappa shape index (κ1) is 27.7. The topological polar surface area (TPSA) is 27.7 Å². The van der Waals surface area contributed by atoms with E-state index in [1.807, 2.05) is 20.8 Å². The number of hydrogen-bond donors (Lipinski definition) is 0. The molecule has 1 unspecified atom stereocenters. The van der Waals surface area contributed by atoms with Gasteiger partial charge in [-0.3, -0.25) is 0 Å². The van der Waals surface area contributed by atoms with Crippen LogP contribution in [-0.4, -0.2) is 28.0 Å². The van der Waals surface area contributed by atoms with E-state index in [-0.39, 0.29) is 21.5 Å². The molecule has 2 aromatic rings. The Balaban J connectivity index is 2.33. The first-order chi connectivity index (χ1) is 15.5. The van der Waals surface area contributed by atoms with E-state index in [0.29, 0.717) is 18.1 Å². The molecule has 3 nitrogen and oxygen atoms in total. The van der Waals surface area contributed by atoms with Crippen LogP contribution in [0.25, 0.3) is 0 Å². The fourth-order valence-corrected chi connectivity index (χ4v) is 7.38. The molecular weight excluding hydrogens is 520 g/mol. The van der Waals surface area contributed by atoms with E-state index < -0.39 is 44.5 Å². The van der Waals surface area contributed by atoms with Crippen molar-refractivity contribution in [2.45, 2.75) is 63.8 Å². The van der Waals surface area contributed by atoms with E-state index in [0.717, 1.165) is 12.1 Å². The smallest absolute Gasteiger partial charge is 0.282 e. The molecule has 33 heavy (non-hydrogen) atoms. The second kappa shape index (κ2) is 11.2. The van der Waals surface area contributed by atoms with Gasteiger partial charge in [0.15, 0.2) is 19.9 Å². The van der Waals surface area contributed by atoms with Gasteiger partial charge in [-0.25, -0.2) is 17.6 Å². The number of rotatable bonds is 12. The van der Waals surface area contributed by atoms with Crippen molar-refractivity contribution in [1.82, 2.24) is 0 Å². The first-order valence-electron chi connectivity index (χ1n) is 11.0. The fourth-order valence-electron chi connectivity index (χ4n) is 3.82. The Morgan fingerprint density at radius 2 is 1.45 bits per heavy atom. The van der Waals surface area contributed by atoms with Crippen molar-refractivity contribution in [2.75, 3.05) is 13.7 Å². The standard InChI is InChI=1S/C24H31BrF4O3Si/c1-6-33(7-2,8-3)32-23(4,17-9-11-18(26)12-10-17)24(28,29)15-16-31-20-14-13-19(30-5)21(25)22(20)27/h9-14H,6-8,15-16H2,1-5H3. The maximum atomic E-state index is 15.8. The summed E-state index contributed by atoms with van der Waals surface area (Å²) in [5.41, 5.74) is -1.79. The summed E-state index contributed by atoms with van der Waals surface area (Å²) in [7, 11) is -1.09. The van der Waals surface area contributed by atoms with E-state index in [1.165, 1.54) is 38.3 Å². The third kappa shape index (κ3) is 5.92. The summed E-state index contributed by atoms with van der Waals surface area (Å²) in [6, 6.07) is 9.82. The van der Waals surface area contributed by atoms with E-state index in [9.17, 15) is 8.78 Å². The predicted octanol–water partition coefficient (Wildman–Crippen LogP) is 8.08. The minimum absolute atomic E-state index is 0.0540. The lowest BCUT2D eigenvalue weighted by atomic mass is 9.87. The zero-order chi connectivity index (χ0) is 24.9. The molecule has 0 aliphatic rings. The van der Waals surface area contributed by atoms with Crippen molar-refractivity contribution < 1.29 is 31.5 Å². The van der Waals surface area contributed by atoms with Crippen LogP contribution in [0.5, 0.6) is 11.5 Å². The zero-order valence-corrected chi connectivity index (χ0v) is 22.2. The normalized spacial score (nSPS) is 14.1. The molecule has 0 aliphatic carbocycles. The van der Waals surface area contributed by atoms with Crippen LogP contribution >= 0.6 is 15.9 Å². The quantitative estimate of drug-likeness (QED) is 0.197. The lowest BCUT2D eigenvalue weighted by Crippen LogP contribution is -2.53. The van der Waals surface area contributed by atoms with Gasteiger partial charge in [0, 0.05) is 6.42 Å². The van der Waals surface area contributed by atoms with Gasteiger partial charge < -0.3 is 13.9 Å². The van der Waals surface area contributed by atoms with Gasteiger partial charge in [0.2, 0.25) is 0 Å². The van der Waals surface area contributed by atoms with Crippen molar-refractivity contribution >= 4 is 24.2 Å². The number of methoxy groups -OCH3 is 1. The SMILES string of the molecule is CC[Si](CC)(CC)OC(C)(c1ccc(F)cc1)C(F)(F)CCOc1ccc(OC)c(Br)c1F. The third-order valence-corrected chi connectivity index (χ3v) is 11.8. The highest BCUT2D eigenvalue weighted by atomic mass is 79.9. The summed E-state index contributed by atoms with van der Waals surface area (Å²) in [5, 5.41) is 0. The minimum atomic E-state index is -3.37. The van der Waals surface area contributed by atoms with Crippen molar-refractivity contribution in [2.24, 2.45) is 0 Å². The lowest BCUT2D eigenvalue weighted by molar-refractivity contribution is -0.175. The van der Waals surface area contributed by atoms with Gasteiger partial charge in [0.1, 0.15) is 17.2 Å². The Morgan fingerprint density at radius 1 is 0.909 bits per heavy atom. The first-order valence-corrected chi connectivity index (χ1v) is 14.3. The maximum absolute atomic E-state index is 15.8. The van der Waals surface area contributed by atoms with Crippen LogP contribution in [0.1, 0.15) is 39.7 Å². The average Bonchev–Trinajstić information content (AvgIpc) is 2.80. The predicted molar refractivity (Wildman–Crippen MR) is 128 cm³/mol. The van der Waals surface area contributed by atoms with Crippen molar-refractivity contribution in [3.8, 4) is 11.5 Å². The molecule has 2 aromatic carbocycles. The molecule has 0 aliphatic heterocycles. The van der Waals surface area contributed by atoms with Crippen LogP contribution in [0.15, 0.2) is 40.9 Å². The minimum Gasteiger partial charge on any atom is -0.495 e. The second-order valence-electron chi connectivity index (χ2n) is 8.08. The van der Waals surface area contributed by atoms with Crippen molar-refractivity contribution in [3.63, 3.8) is 0 Å². The Labute approximate surface area is 202 Å². The number of ether oxygens (including phenoxy) is 2. The van der Waals surface area contributed by atoms with E-state index in [1.54, 1.807) is 0 Å². The molecule has 0 heterocycles. The molecule has 0 bridgehead atoms. The van der Waals surface area contributed by atoms with Crippen LogP contribution in [0, 0.1) is 11.6 Å². The summed E-state index contributed by atoms with van der Waals surface area (Å²) in [6.07, 6.45) is -0.717. The molecule has 1 atom stereocenters. The molecule has 9 heteroatoms. The number of halogens is 5. The van der Waals surface area contributed by atoms with Gasteiger partial charge in [0.25, 0.3) is 5.92 Å². The monoisotopic (exact) mass is 550 g/mol. The third-order valence-electron chi connectivity index (χ3n) is 6.35. The van der Waals surface area contributed by atoms with Gasteiger partial charge in [-0.1, -0.05) is 32.9 Å². The van der Waals surface area contributed by atoms with E-state index in [4.69, 9.17) is 13.9 Å². The zero-order valence-electron chi connectivity index (χ0n) is 19.6. The Morgan fingerprint density at radius 3 is 1.97 bits per heavy atom. The molecule has 0 saturated carbocycles. The summed E-state index contributed by atoms with van der Waals surface area (Å²) >= 11 is 3.07. The Hall–Kier alpha value is -1.58. The molecule has 2 rings (SSSR count). The van der Waals surface area contributed by atoms with Gasteiger partial charge in [0.05, 0.1) is 18.2 Å². The largest absolute Gasteiger partial charge is 0.495 e.